The number of imide groups is 1. The van der Waals surface area contributed by atoms with E-state index in [4.69, 9.17) is 27.9 Å². The SMILES string of the molecule is COc1cc([C@H]2C3=CCn4c(=O)n(C)c(=O)n4[C@@H]3C[C@@]3(Cl)C(=O)N(c4c(F)c(F)c(F)c(F)c4F)C(=O)[C@@]23Cl)cc(I)c1O. The van der Waals surface area contributed by atoms with E-state index >= 15 is 8.78 Å². The quantitative estimate of drug-likeness (QED) is 0.0829. The van der Waals surface area contributed by atoms with E-state index in [0.29, 0.717) is 0 Å². The van der Waals surface area contributed by atoms with E-state index in [-0.39, 0.29) is 37.7 Å². The molecule has 3 aromatic rings. The summed E-state index contributed by atoms with van der Waals surface area (Å²) in [5.41, 5.74) is -3.20. The standard InChI is InChI=1S/C26H16Cl2F5IN4O6/c1-35-23(42)36-4-3-9-11(38(36)24(35)43)7-25(27)21(40)37(19-17(32)15(30)14(29)16(31)18(19)33)22(41)26(25,28)13(9)8-5-10(34)20(39)12(6-8)44-2/h3,5-6,11,13,39H,4,7H2,1-2H3/t11-,13+,25-,26+/m1/s1. The Bertz CT molecular complexity index is 1980. The number of amides is 2. The number of alkyl halides is 2. The van der Waals surface area contributed by atoms with Gasteiger partial charge >= 0.3 is 11.4 Å². The molecular formula is C26H16Cl2F5IN4O6. The Balaban J connectivity index is 1.68. The monoisotopic (exact) mass is 772 g/mol. The molecule has 1 N–H and O–H groups in total. The van der Waals surface area contributed by atoms with Crippen molar-refractivity contribution in [1.29, 1.82) is 0 Å². The molecule has 0 spiro atoms. The Hall–Kier alpha value is -3.38. The second-order valence-electron chi connectivity index (χ2n) is 10.3. The summed E-state index contributed by atoms with van der Waals surface area (Å²) in [7, 11) is 2.42. The number of hydrogen-bond donors (Lipinski definition) is 1. The molecule has 0 unspecified atom stereocenters. The Morgan fingerprint density at radius 3 is 2.14 bits per heavy atom. The fraction of sp³-hybridized carbons (Fsp3) is 0.308. The molecule has 1 aromatic heterocycles. The number of ether oxygens (including phenoxy) is 1. The van der Waals surface area contributed by atoms with E-state index in [1.54, 1.807) is 22.6 Å². The number of fused-ring (bicyclic) bond motifs is 4. The highest BCUT2D eigenvalue weighted by atomic mass is 127. The number of methoxy groups -OCH3 is 1. The minimum atomic E-state index is -2.71. The third-order valence-electron chi connectivity index (χ3n) is 8.28. The van der Waals surface area contributed by atoms with Crippen molar-refractivity contribution in [3.63, 3.8) is 0 Å². The molecule has 3 heterocycles. The first kappa shape index (κ1) is 30.6. The summed E-state index contributed by atoms with van der Waals surface area (Å²) in [5.74, 6) is -17.5. The summed E-state index contributed by atoms with van der Waals surface area (Å²) >= 11 is 15.7. The smallest absolute Gasteiger partial charge is 0.347 e. The molecule has 6 rings (SSSR count). The first-order valence-corrected chi connectivity index (χ1v) is 14.3. The molecule has 10 nitrogen and oxygen atoms in total. The number of hydrogen-bond acceptors (Lipinski definition) is 6. The minimum Gasteiger partial charge on any atom is -0.504 e. The fourth-order valence-electron chi connectivity index (χ4n) is 6.23. The van der Waals surface area contributed by atoms with Crippen LogP contribution in [0, 0.1) is 32.7 Å². The maximum Gasteiger partial charge on any atom is 0.347 e. The summed E-state index contributed by atoms with van der Waals surface area (Å²) < 4.78 is 80.7. The molecule has 232 valence electrons. The molecular weight excluding hydrogens is 757 g/mol. The number of phenols is 1. The molecule has 3 aliphatic rings. The van der Waals surface area contributed by atoms with Crippen LogP contribution in [0.15, 0.2) is 33.4 Å². The van der Waals surface area contributed by atoms with Gasteiger partial charge in [0.15, 0.2) is 44.5 Å². The van der Waals surface area contributed by atoms with E-state index in [9.17, 15) is 37.5 Å². The maximum atomic E-state index is 15.0. The number of anilines is 1. The van der Waals surface area contributed by atoms with Gasteiger partial charge < -0.3 is 9.84 Å². The normalized spacial score (nSPS) is 26.0. The zero-order chi connectivity index (χ0) is 32.4. The van der Waals surface area contributed by atoms with Crippen molar-refractivity contribution in [2.75, 3.05) is 12.0 Å². The van der Waals surface area contributed by atoms with Crippen molar-refractivity contribution < 1.29 is 41.4 Å². The maximum absolute atomic E-state index is 15.0. The third-order valence-corrected chi connectivity index (χ3v) is 10.5. The van der Waals surface area contributed by atoms with Gasteiger partial charge in [-0.3, -0.25) is 9.59 Å². The van der Waals surface area contributed by atoms with Gasteiger partial charge in [0.2, 0.25) is 5.82 Å². The predicted octanol–water partition coefficient (Wildman–Crippen LogP) is 3.56. The number of carbonyl (C=O) groups is 2. The number of allylic oxidation sites excluding steroid dienone is 2. The second kappa shape index (κ2) is 9.81. The summed E-state index contributed by atoms with van der Waals surface area (Å²) in [5, 5.41) is 10.5. The van der Waals surface area contributed by atoms with E-state index in [1.807, 2.05) is 0 Å². The lowest BCUT2D eigenvalue weighted by atomic mass is 9.64. The second-order valence-corrected chi connectivity index (χ2v) is 12.7. The Morgan fingerprint density at radius 2 is 1.55 bits per heavy atom. The molecule has 1 saturated carbocycles. The van der Waals surface area contributed by atoms with Crippen molar-refractivity contribution in [2.45, 2.75) is 34.7 Å². The van der Waals surface area contributed by atoms with Crippen molar-refractivity contribution >= 4 is 63.3 Å². The molecule has 2 aliphatic heterocycles. The highest BCUT2D eigenvalue weighted by molar-refractivity contribution is 14.1. The van der Waals surface area contributed by atoms with Gasteiger partial charge in [-0.05, 0) is 45.9 Å². The molecule has 1 aliphatic carbocycles. The zero-order valence-corrected chi connectivity index (χ0v) is 25.8. The number of rotatable bonds is 3. The number of aromatic hydroxyl groups is 1. The van der Waals surface area contributed by atoms with Crippen LogP contribution in [-0.2, 0) is 23.2 Å². The van der Waals surface area contributed by atoms with Gasteiger partial charge in [-0.2, -0.15) is 0 Å². The van der Waals surface area contributed by atoms with Gasteiger partial charge in [0.25, 0.3) is 11.8 Å². The molecule has 2 fully saturated rings. The Labute approximate surface area is 265 Å². The van der Waals surface area contributed by atoms with Crippen LogP contribution in [0.25, 0.3) is 0 Å². The molecule has 0 bridgehead atoms. The first-order valence-electron chi connectivity index (χ1n) is 12.5. The predicted molar refractivity (Wildman–Crippen MR) is 152 cm³/mol. The van der Waals surface area contributed by atoms with Crippen molar-refractivity contribution in [3.8, 4) is 11.5 Å². The van der Waals surface area contributed by atoms with Crippen LogP contribution >= 0.6 is 45.8 Å². The topological polar surface area (TPSA) is 116 Å². The van der Waals surface area contributed by atoms with Crippen molar-refractivity contribution in [1.82, 2.24) is 13.9 Å². The van der Waals surface area contributed by atoms with Gasteiger partial charge in [-0.15, -0.1) is 23.2 Å². The van der Waals surface area contributed by atoms with Crippen LogP contribution in [0.1, 0.15) is 23.9 Å². The molecule has 1 saturated heterocycles. The van der Waals surface area contributed by atoms with Crippen LogP contribution < -0.4 is 21.0 Å². The van der Waals surface area contributed by atoms with Gasteiger partial charge in [0, 0.05) is 19.4 Å². The summed E-state index contributed by atoms with van der Waals surface area (Å²) in [4.78, 5) is 48.5. The van der Waals surface area contributed by atoms with Crippen LogP contribution in [0.4, 0.5) is 27.6 Å². The summed E-state index contributed by atoms with van der Waals surface area (Å²) in [6.07, 6.45) is 0.744. The lowest BCUT2D eigenvalue weighted by molar-refractivity contribution is -0.122. The van der Waals surface area contributed by atoms with Crippen LogP contribution in [0.5, 0.6) is 11.5 Å². The molecule has 18 heteroatoms. The van der Waals surface area contributed by atoms with E-state index in [1.165, 1.54) is 32.4 Å². The van der Waals surface area contributed by atoms with Gasteiger partial charge in [0.05, 0.1) is 23.3 Å². The summed E-state index contributed by atoms with van der Waals surface area (Å²) in [6, 6.07) is 1.34. The summed E-state index contributed by atoms with van der Waals surface area (Å²) in [6.45, 7) is -0.213. The number of phenolic OH excluding ortho intramolecular Hbond substituents is 1. The van der Waals surface area contributed by atoms with E-state index in [2.05, 4.69) is 0 Å². The fourth-order valence-corrected chi connectivity index (χ4v) is 7.77. The first-order chi connectivity index (χ1) is 20.5. The van der Waals surface area contributed by atoms with Gasteiger partial charge in [0.1, 0.15) is 5.69 Å². The Kier molecular flexibility index (Phi) is 6.83. The molecule has 2 amide bonds. The van der Waals surface area contributed by atoms with Crippen LogP contribution in [0.3, 0.4) is 0 Å². The van der Waals surface area contributed by atoms with E-state index in [0.717, 1.165) is 13.9 Å². The number of aromatic nitrogens is 3. The molecule has 2 aromatic carbocycles. The average molecular weight is 773 g/mol. The number of halogens is 8. The Morgan fingerprint density at radius 1 is 0.955 bits per heavy atom. The van der Waals surface area contributed by atoms with Crippen molar-refractivity contribution in [3.05, 3.63) is 83.0 Å². The lowest BCUT2D eigenvalue weighted by Gasteiger charge is -2.49. The van der Waals surface area contributed by atoms with Crippen LogP contribution in [0.2, 0.25) is 0 Å². The van der Waals surface area contributed by atoms with Crippen molar-refractivity contribution in [2.24, 2.45) is 7.05 Å². The lowest BCUT2D eigenvalue weighted by Crippen LogP contribution is -2.59. The minimum absolute atomic E-state index is 0.0696. The van der Waals surface area contributed by atoms with Crippen LogP contribution in [-0.4, -0.2) is 47.7 Å². The molecule has 4 atom stereocenters. The van der Waals surface area contributed by atoms with Gasteiger partial charge in [-0.25, -0.2) is 50.4 Å². The van der Waals surface area contributed by atoms with E-state index < -0.39 is 86.1 Å². The average Bonchev–Trinajstić information content (AvgIpc) is 3.30. The zero-order valence-electron chi connectivity index (χ0n) is 22.1. The molecule has 44 heavy (non-hydrogen) atoms. The highest BCUT2D eigenvalue weighted by Gasteiger charge is 2.76. The largest absolute Gasteiger partial charge is 0.504 e. The third kappa shape index (κ3) is 3.58. The highest BCUT2D eigenvalue weighted by Crippen LogP contribution is 2.64. The number of carbonyl (C=O) groups excluding carboxylic acids is 2. The van der Waals surface area contributed by atoms with Gasteiger partial charge in [-0.1, -0.05) is 6.08 Å². The molecule has 0 radical (unpaired) electrons. The number of benzene rings is 2. The number of nitrogens with zero attached hydrogens (tertiary/aromatic N) is 4.